The van der Waals surface area contributed by atoms with Crippen molar-refractivity contribution in [1.82, 2.24) is 0 Å². The van der Waals surface area contributed by atoms with Crippen molar-refractivity contribution in [2.24, 2.45) is 0 Å². The Morgan fingerprint density at radius 2 is 1.30 bits per heavy atom. The van der Waals surface area contributed by atoms with Crippen molar-refractivity contribution in [3.05, 3.63) is 35.9 Å². The molecule has 2 aromatic rings. The second-order valence-corrected chi connectivity index (χ2v) is 7.59. The van der Waals surface area contributed by atoms with Crippen LogP contribution in [0.4, 0.5) is 0 Å². The van der Waals surface area contributed by atoms with Crippen molar-refractivity contribution in [2.75, 3.05) is 13.2 Å². The van der Waals surface area contributed by atoms with Crippen LogP contribution in [-0.4, -0.2) is 13.2 Å². The molecule has 0 aliphatic rings. The summed E-state index contributed by atoms with van der Waals surface area (Å²) in [6, 6.07) is 10.6. The Hall–Kier alpha value is -1.70. The van der Waals surface area contributed by atoms with E-state index < -0.39 is 0 Å². The summed E-state index contributed by atoms with van der Waals surface area (Å²) in [6.45, 7) is 8.21. The van der Waals surface area contributed by atoms with Crippen LogP contribution in [0.15, 0.2) is 30.3 Å². The molecule has 27 heavy (non-hydrogen) atoms. The summed E-state index contributed by atoms with van der Waals surface area (Å²) >= 11 is 0. The Labute approximate surface area is 166 Å². The second kappa shape index (κ2) is 12.6. The second-order valence-electron chi connectivity index (χ2n) is 7.59. The standard InChI is InChI=1S/C25H38O2/c1-4-6-8-10-12-19-26-23-16-14-15-22-18-17-21(3)25(24(22)23)27-20-13-11-9-7-5-2/h14-18H,4-13,19-20H2,1-3H3. The van der Waals surface area contributed by atoms with E-state index in [9.17, 15) is 0 Å². The van der Waals surface area contributed by atoms with Gasteiger partial charge in [-0.05, 0) is 36.8 Å². The number of benzene rings is 2. The molecule has 2 heteroatoms. The highest BCUT2D eigenvalue weighted by molar-refractivity contribution is 5.94. The molecule has 2 nitrogen and oxygen atoms in total. The van der Waals surface area contributed by atoms with Gasteiger partial charge in [-0.1, -0.05) is 89.5 Å². The third-order valence-corrected chi connectivity index (χ3v) is 5.16. The number of rotatable bonds is 14. The van der Waals surface area contributed by atoms with Crippen molar-refractivity contribution in [3.8, 4) is 11.5 Å². The Bertz CT molecular complexity index is 663. The first-order chi connectivity index (χ1) is 13.3. The summed E-state index contributed by atoms with van der Waals surface area (Å²) in [5.74, 6) is 1.97. The van der Waals surface area contributed by atoms with E-state index >= 15 is 0 Å². The van der Waals surface area contributed by atoms with Gasteiger partial charge in [-0.15, -0.1) is 0 Å². The molecule has 0 fully saturated rings. The van der Waals surface area contributed by atoms with E-state index in [1.54, 1.807) is 0 Å². The predicted octanol–water partition coefficient (Wildman–Crippen LogP) is 7.85. The van der Waals surface area contributed by atoms with Crippen molar-refractivity contribution in [1.29, 1.82) is 0 Å². The fourth-order valence-corrected chi connectivity index (χ4v) is 3.49. The highest BCUT2D eigenvalue weighted by Crippen LogP contribution is 2.37. The molecule has 0 aromatic heterocycles. The molecule has 0 spiro atoms. The van der Waals surface area contributed by atoms with E-state index in [-0.39, 0.29) is 0 Å². The number of hydrogen-bond donors (Lipinski definition) is 0. The third kappa shape index (κ3) is 7.08. The van der Waals surface area contributed by atoms with E-state index in [0.29, 0.717) is 0 Å². The molecule has 0 unspecified atom stereocenters. The van der Waals surface area contributed by atoms with E-state index in [2.05, 4.69) is 51.1 Å². The molecule has 0 aliphatic heterocycles. The Morgan fingerprint density at radius 3 is 1.96 bits per heavy atom. The highest BCUT2D eigenvalue weighted by atomic mass is 16.5. The lowest BCUT2D eigenvalue weighted by Gasteiger charge is -2.16. The predicted molar refractivity (Wildman–Crippen MR) is 117 cm³/mol. The van der Waals surface area contributed by atoms with Gasteiger partial charge in [0.15, 0.2) is 0 Å². The lowest BCUT2D eigenvalue weighted by Crippen LogP contribution is -2.02. The third-order valence-electron chi connectivity index (χ3n) is 5.16. The minimum Gasteiger partial charge on any atom is -0.493 e. The zero-order chi connectivity index (χ0) is 19.3. The molecule has 2 rings (SSSR count). The van der Waals surface area contributed by atoms with Crippen LogP contribution in [0.2, 0.25) is 0 Å². The van der Waals surface area contributed by atoms with Crippen molar-refractivity contribution in [2.45, 2.75) is 85.0 Å². The number of ether oxygens (including phenoxy) is 2. The van der Waals surface area contributed by atoms with E-state index in [1.807, 2.05) is 0 Å². The van der Waals surface area contributed by atoms with Crippen LogP contribution in [-0.2, 0) is 0 Å². The molecule has 0 saturated carbocycles. The minimum atomic E-state index is 0.785. The average molecular weight is 371 g/mol. The number of hydrogen-bond acceptors (Lipinski definition) is 2. The van der Waals surface area contributed by atoms with Gasteiger partial charge in [-0.3, -0.25) is 0 Å². The van der Waals surface area contributed by atoms with Gasteiger partial charge in [0.2, 0.25) is 0 Å². The first-order valence-corrected chi connectivity index (χ1v) is 11.1. The van der Waals surface area contributed by atoms with Crippen LogP contribution >= 0.6 is 0 Å². The number of fused-ring (bicyclic) bond motifs is 1. The molecule has 0 heterocycles. The molecular weight excluding hydrogens is 332 g/mol. The Balaban J connectivity index is 2.01. The molecule has 0 atom stereocenters. The van der Waals surface area contributed by atoms with Crippen LogP contribution in [0.1, 0.15) is 83.6 Å². The summed E-state index contributed by atoms with van der Waals surface area (Å²) < 4.78 is 12.4. The summed E-state index contributed by atoms with van der Waals surface area (Å²) in [6.07, 6.45) is 12.6. The van der Waals surface area contributed by atoms with Gasteiger partial charge in [0.05, 0.1) is 18.6 Å². The molecule has 0 saturated heterocycles. The molecule has 150 valence electrons. The largest absolute Gasteiger partial charge is 0.493 e. The summed E-state index contributed by atoms with van der Waals surface area (Å²) in [5.41, 5.74) is 1.19. The zero-order valence-electron chi connectivity index (χ0n) is 17.7. The van der Waals surface area contributed by atoms with Gasteiger partial charge >= 0.3 is 0 Å². The van der Waals surface area contributed by atoms with Crippen LogP contribution in [0.25, 0.3) is 10.8 Å². The van der Waals surface area contributed by atoms with Crippen LogP contribution in [0, 0.1) is 6.92 Å². The lowest BCUT2D eigenvalue weighted by molar-refractivity contribution is 0.296. The minimum absolute atomic E-state index is 0.785. The molecule has 0 N–H and O–H groups in total. The first kappa shape index (κ1) is 21.6. The number of unbranched alkanes of at least 4 members (excludes halogenated alkanes) is 8. The van der Waals surface area contributed by atoms with Gasteiger partial charge in [0.25, 0.3) is 0 Å². The molecule has 2 aromatic carbocycles. The number of aryl methyl sites for hydroxylation is 1. The summed E-state index contributed by atoms with van der Waals surface area (Å²) in [5, 5.41) is 2.34. The summed E-state index contributed by atoms with van der Waals surface area (Å²) in [7, 11) is 0. The zero-order valence-corrected chi connectivity index (χ0v) is 17.7. The maximum Gasteiger partial charge on any atom is 0.133 e. The lowest BCUT2D eigenvalue weighted by atomic mass is 10.0. The highest BCUT2D eigenvalue weighted by Gasteiger charge is 2.11. The van der Waals surface area contributed by atoms with Gasteiger partial charge in [-0.25, -0.2) is 0 Å². The Morgan fingerprint density at radius 1 is 0.667 bits per heavy atom. The van der Waals surface area contributed by atoms with Gasteiger partial charge in [0.1, 0.15) is 11.5 Å². The van der Waals surface area contributed by atoms with Gasteiger partial charge in [-0.2, -0.15) is 0 Å². The molecule has 0 bridgehead atoms. The van der Waals surface area contributed by atoms with E-state index in [1.165, 1.54) is 62.3 Å². The quantitative estimate of drug-likeness (QED) is 0.315. The molecule has 0 aliphatic carbocycles. The maximum absolute atomic E-state index is 6.25. The normalized spacial score (nSPS) is 11.1. The molecule has 0 amide bonds. The monoisotopic (exact) mass is 370 g/mol. The fourth-order valence-electron chi connectivity index (χ4n) is 3.49. The summed E-state index contributed by atoms with van der Waals surface area (Å²) in [4.78, 5) is 0. The first-order valence-electron chi connectivity index (χ1n) is 11.1. The molecular formula is C25H38O2. The smallest absolute Gasteiger partial charge is 0.133 e. The molecule has 0 radical (unpaired) electrons. The van der Waals surface area contributed by atoms with Gasteiger partial charge < -0.3 is 9.47 Å². The van der Waals surface area contributed by atoms with Crippen molar-refractivity contribution < 1.29 is 9.47 Å². The average Bonchev–Trinajstić information content (AvgIpc) is 2.68. The van der Waals surface area contributed by atoms with Crippen LogP contribution in [0.3, 0.4) is 0 Å². The Kier molecular flexibility index (Phi) is 10.1. The van der Waals surface area contributed by atoms with Crippen molar-refractivity contribution >= 4 is 10.8 Å². The van der Waals surface area contributed by atoms with E-state index in [4.69, 9.17) is 9.47 Å². The van der Waals surface area contributed by atoms with Crippen LogP contribution < -0.4 is 9.47 Å². The SMILES string of the molecule is CCCCCCCOc1cccc2ccc(C)c(OCCCCCCC)c12. The maximum atomic E-state index is 6.25. The van der Waals surface area contributed by atoms with Crippen molar-refractivity contribution in [3.63, 3.8) is 0 Å². The van der Waals surface area contributed by atoms with Gasteiger partial charge in [0, 0.05) is 0 Å². The van der Waals surface area contributed by atoms with E-state index in [0.717, 1.165) is 42.9 Å². The van der Waals surface area contributed by atoms with Crippen LogP contribution in [0.5, 0.6) is 11.5 Å². The fraction of sp³-hybridized carbons (Fsp3) is 0.600. The topological polar surface area (TPSA) is 18.5 Å².